The van der Waals surface area contributed by atoms with Crippen LogP contribution in [0, 0.1) is 0 Å². The Balaban J connectivity index is 4.28. The van der Waals surface area contributed by atoms with Gasteiger partial charge < -0.3 is 28.6 Å². The molecule has 8 nitrogen and oxygen atoms in total. The molecule has 8 heteroatoms. The molecule has 0 fully saturated rings. The molecule has 0 aliphatic carbocycles. The van der Waals surface area contributed by atoms with Crippen LogP contribution < -0.4 is 5.11 Å². The third kappa shape index (κ3) is 31.8. The molecule has 49 heavy (non-hydrogen) atoms. The summed E-state index contributed by atoms with van der Waals surface area (Å²) in [6.07, 6.45) is 32.4. The van der Waals surface area contributed by atoms with E-state index in [2.05, 4.69) is 26.0 Å². The van der Waals surface area contributed by atoms with Crippen molar-refractivity contribution in [1.82, 2.24) is 0 Å². The van der Waals surface area contributed by atoms with Crippen molar-refractivity contribution in [2.75, 3.05) is 41.0 Å². The molecule has 0 saturated heterocycles. The van der Waals surface area contributed by atoms with Crippen LogP contribution in [0.4, 0.5) is 0 Å². The number of aliphatic carboxylic acids is 1. The van der Waals surface area contributed by atoms with E-state index >= 15 is 0 Å². The van der Waals surface area contributed by atoms with Gasteiger partial charge in [0.05, 0.1) is 40.3 Å². The molecule has 288 valence electrons. The van der Waals surface area contributed by atoms with Crippen LogP contribution in [0.3, 0.4) is 0 Å². The number of likely N-dealkylation sites (N-methyl/N-ethyl adjacent to an activating group) is 1. The van der Waals surface area contributed by atoms with Crippen LogP contribution in [0.1, 0.15) is 181 Å². The average Bonchev–Trinajstić information content (AvgIpc) is 3.05. The number of unbranched alkanes of at least 4 members (excludes halogenated alkanes) is 20. The van der Waals surface area contributed by atoms with Gasteiger partial charge in [0.15, 0.2) is 6.10 Å². The SMILES string of the molecule is CCCCCCCC/C=C/CCCCCCCCCC(=O)OCC(COCCC(C(=O)[O-])[N+](C)(C)C)OC(=O)CCCCCCCCCC. The maximum Gasteiger partial charge on any atom is 0.306 e. The van der Waals surface area contributed by atoms with Crippen molar-refractivity contribution in [3.05, 3.63) is 12.2 Å². The lowest BCUT2D eigenvalue weighted by Gasteiger charge is -2.34. The van der Waals surface area contributed by atoms with E-state index in [1.807, 2.05) is 0 Å². The van der Waals surface area contributed by atoms with Gasteiger partial charge in [-0.05, 0) is 38.5 Å². The van der Waals surface area contributed by atoms with Gasteiger partial charge in [-0.1, -0.05) is 135 Å². The predicted molar refractivity (Wildman–Crippen MR) is 199 cm³/mol. The number of quaternary nitrogens is 1. The van der Waals surface area contributed by atoms with Crippen molar-refractivity contribution in [3.8, 4) is 0 Å². The summed E-state index contributed by atoms with van der Waals surface area (Å²) in [7, 11) is 5.40. The van der Waals surface area contributed by atoms with Crippen LogP contribution in [-0.4, -0.2) is 75.5 Å². The number of carbonyl (C=O) groups is 3. The number of hydrogen-bond acceptors (Lipinski definition) is 7. The van der Waals surface area contributed by atoms with E-state index in [1.165, 1.54) is 109 Å². The molecule has 0 N–H and O–H groups in total. The number of ether oxygens (including phenoxy) is 3. The van der Waals surface area contributed by atoms with Gasteiger partial charge in [0, 0.05) is 19.3 Å². The van der Waals surface area contributed by atoms with Crippen molar-refractivity contribution in [2.45, 2.75) is 193 Å². The molecular formula is C41H77NO7. The van der Waals surface area contributed by atoms with Crippen molar-refractivity contribution in [2.24, 2.45) is 0 Å². The normalized spacial score (nSPS) is 13.1. The van der Waals surface area contributed by atoms with Crippen molar-refractivity contribution in [1.29, 1.82) is 0 Å². The lowest BCUT2D eigenvalue weighted by atomic mass is 10.1. The number of esters is 2. The molecule has 2 atom stereocenters. The molecule has 0 aromatic carbocycles. The Labute approximate surface area is 301 Å². The highest BCUT2D eigenvalue weighted by Crippen LogP contribution is 2.14. The van der Waals surface area contributed by atoms with Crippen molar-refractivity contribution in [3.63, 3.8) is 0 Å². The molecule has 0 rings (SSSR count). The molecule has 2 unspecified atom stereocenters. The van der Waals surface area contributed by atoms with Crippen LogP contribution in [0.2, 0.25) is 0 Å². The van der Waals surface area contributed by atoms with Gasteiger partial charge in [0.1, 0.15) is 12.6 Å². The maximum atomic E-state index is 12.6. The molecule has 0 aliphatic rings. The molecule has 0 bridgehead atoms. The highest BCUT2D eigenvalue weighted by Gasteiger charge is 2.25. The van der Waals surface area contributed by atoms with Crippen LogP contribution >= 0.6 is 0 Å². The fourth-order valence-corrected chi connectivity index (χ4v) is 5.95. The zero-order chi connectivity index (χ0) is 36.4. The fraction of sp³-hybridized carbons (Fsp3) is 0.878. The van der Waals surface area contributed by atoms with Crippen molar-refractivity contribution < 1.29 is 38.2 Å². The smallest absolute Gasteiger partial charge is 0.306 e. The van der Waals surface area contributed by atoms with E-state index in [9.17, 15) is 19.5 Å². The summed E-state index contributed by atoms with van der Waals surface area (Å²) < 4.78 is 17.1. The Morgan fingerprint density at radius 2 is 1.02 bits per heavy atom. The second-order valence-electron chi connectivity index (χ2n) is 14.9. The minimum Gasteiger partial charge on any atom is -0.544 e. The lowest BCUT2D eigenvalue weighted by molar-refractivity contribution is -0.889. The van der Waals surface area contributed by atoms with E-state index in [4.69, 9.17) is 14.2 Å². The molecule has 0 aromatic rings. The Bertz CT molecular complexity index is 823. The summed E-state index contributed by atoms with van der Waals surface area (Å²) in [5.74, 6) is -1.74. The largest absolute Gasteiger partial charge is 0.544 e. The van der Waals surface area contributed by atoms with E-state index in [1.54, 1.807) is 21.1 Å². The van der Waals surface area contributed by atoms with E-state index in [-0.39, 0.29) is 42.7 Å². The highest BCUT2D eigenvalue weighted by atomic mass is 16.6. The summed E-state index contributed by atoms with van der Waals surface area (Å²) in [5, 5.41) is 11.6. The second-order valence-corrected chi connectivity index (χ2v) is 14.9. The predicted octanol–water partition coefficient (Wildman–Crippen LogP) is 9.02. The Morgan fingerprint density at radius 1 is 0.592 bits per heavy atom. The Kier molecular flexibility index (Phi) is 31.9. The van der Waals surface area contributed by atoms with Gasteiger partial charge in [0.2, 0.25) is 0 Å². The standard InChI is InChI=1S/C41H77NO7/c1-6-8-10-12-14-16-17-18-19-20-21-22-23-24-26-27-29-31-39(43)48-36-37(35-47-34-33-38(41(45)46)42(3,4)5)49-40(44)32-30-28-25-15-13-11-9-7-2/h18-19,37-38H,6-17,20-36H2,1-5H3/b19-18+. The topological polar surface area (TPSA) is 102 Å². The van der Waals surface area contributed by atoms with Gasteiger partial charge in [-0.3, -0.25) is 9.59 Å². The number of carboxylic acid groups (broad SMARTS) is 1. The first-order valence-corrected chi connectivity index (χ1v) is 20.2. The molecule has 0 radical (unpaired) electrons. The summed E-state index contributed by atoms with van der Waals surface area (Å²) in [4.78, 5) is 36.6. The molecule has 0 spiro atoms. The van der Waals surface area contributed by atoms with Gasteiger partial charge in [-0.15, -0.1) is 0 Å². The number of allylic oxidation sites excluding steroid dienone is 2. The number of rotatable bonds is 36. The molecular weight excluding hydrogens is 618 g/mol. The molecule has 0 aromatic heterocycles. The van der Waals surface area contributed by atoms with E-state index < -0.39 is 18.1 Å². The summed E-state index contributed by atoms with van der Waals surface area (Å²) >= 11 is 0. The minimum absolute atomic E-state index is 0.0439. The molecule has 0 aliphatic heterocycles. The summed E-state index contributed by atoms with van der Waals surface area (Å²) in [6.45, 7) is 4.62. The third-order valence-corrected chi connectivity index (χ3v) is 9.15. The second kappa shape index (κ2) is 33.2. The van der Waals surface area contributed by atoms with Gasteiger partial charge in [0.25, 0.3) is 0 Å². The Morgan fingerprint density at radius 3 is 1.47 bits per heavy atom. The van der Waals surface area contributed by atoms with Gasteiger partial charge in [-0.25, -0.2) is 0 Å². The molecule has 0 amide bonds. The Hall–Kier alpha value is -1.93. The van der Waals surface area contributed by atoms with Gasteiger partial charge in [-0.2, -0.15) is 0 Å². The molecule has 0 saturated carbocycles. The molecule has 0 heterocycles. The summed E-state index contributed by atoms with van der Waals surface area (Å²) in [5.41, 5.74) is 0. The van der Waals surface area contributed by atoms with Crippen LogP contribution in [-0.2, 0) is 28.6 Å². The first-order chi connectivity index (χ1) is 23.6. The van der Waals surface area contributed by atoms with Crippen LogP contribution in [0.25, 0.3) is 0 Å². The average molecular weight is 696 g/mol. The number of nitrogens with zero attached hydrogens (tertiary/aromatic N) is 1. The van der Waals surface area contributed by atoms with Crippen LogP contribution in [0.15, 0.2) is 12.2 Å². The maximum absolute atomic E-state index is 12.6. The van der Waals surface area contributed by atoms with Crippen molar-refractivity contribution >= 4 is 17.9 Å². The highest BCUT2D eigenvalue weighted by molar-refractivity contribution is 5.70. The van der Waals surface area contributed by atoms with Crippen LogP contribution in [0.5, 0.6) is 0 Å². The first-order valence-electron chi connectivity index (χ1n) is 20.2. The minimum atomic E-state index is -1.12. The number of carbonyl (C=O) groups excluding carboxylic acids is 3. The zero-order valence-corrected chi connectivity index (χ0v) is 32.6. The third-order valence-electron chi connectivity index (χ3n) is 9.15. The monoisotopic (exact) mass is 696 g/mol. The lowest BCUT2D eigenvalue weighted by Crippen LogP contribution is -2.55. The number of carboxylic acids is 1. The quantitative estimate of drug-likeness (QED) is 0.0279. The summed E-state index contributed by atoms with van der Waals surface area (Å²) in [6, 6.07) is -0.720. The first kappa shape index (κ1) is 47.1. The zero-order valence-electron chi connectivity index (χ0n) is 32.6. The van der Waals surface area contributed by atoms with Gasteiger partial charge >= 0.3 is 11.9 Å². The fourth-order valence-electron chi connectivity index (χ4n) is 5.95. The van der Waals surface area contributed by atoms with E-state index in [0.717, 1.165) is 38.5 Å². The van der Waals surface area contributed by atoms with E-state index in [0.29, 0.717) is 12.8 Å². The number of hydrogen-bond donors (Lipinski definition) is 0.